The van der Waals surface area contributed by atoms with E-state index in [1.54, 1.807) is 12.1 Å². The third-order valence-electron chi connectivity index (χ3n) is 2.71. The number of nitrogens with two attached hydrogens (primary N) is 1. The van der Waals surface area contributed by atoms with E-state index in [2.05, 4.69) is 4.98 Å². The summed E-state index contributed by atoms with van der Waals surface area (Å²) >= 11 is 0. The topological polar surface area (TPSA) is 59.2 Å². The molecule has 20 heavy (non-hydrogen) atoms. The fourth-order valence-corrected chi connectivity index (χ4v) is 1.81. The van der Waals surface area contributed by atoms with Gasteiger partial charge in [0.2, 0.25) is 0 Å². The molecular formula is C14H13F2N3O. The SMILES string of the molecule is NCCN(C(=O)c1cccnc1)c1ccc(F)cc1F. The van der Waals surface area contributed by atoms with Gasteiger partial charge in [-0.25, -0.2) is 8.78 Å². The Morgan fingerprint density at radius 1 is 1.30 bits per heavy atom. The van der Waals surface area contributed by atoms with E-state index in [0.717, 1.165) is 12.1 Å². The summed E-state index contributed by atoms with van der Waals surface area (Å²) in [6.07, 6.45) is 2.91. The number of anilines is 1. The number of pyridine rings is 1. The maximum atomic E-state index is 13.8. The van der Waals surface area contributed by atoms with Crippen LogP contribution in [0.2, 0.25) is 0 Å². The Morgan fingerprint density at radius 3 is 2.70 bits per heavy atom. The summed E-state index contributed by atoms with van der Waals surface area (Å²) in [5.41, 5.74) is 5.76. The number of amides is 1. The quantitative estimate of drug-likeness (QED) is 0.929. The zero-order valence-electron chi connectivity index (χ0n) is 10.6. The van der Waals surface area contributed by atoms with Gasteiger partial charge in [-0.3, -0.25) is 9.78 Å². The molecule has 104 valence electrons. The van der Waals surface area contributed by atoms with E-state index in [9.17, 15) is 13.6 Å². The van der Waals surface area contributed by atoms with Crippen molar-refractivity contribution in [2.45, 2.75) is 0 Å². The predicted octanol–water partition coefficient (Wildman–Crippen LogP) is 1.97. The van der Waals surface area contributed by atoms with E-state index in [0.29, 0.717) is 5.56 Å². The summed E-state index contributed by atoms with van der Waals surface area (Å²) in [5.74, 6) is -1.95. The first-order valence-corrected chi connectivity index (χ1v) is 6.00. The average Bonchev–Trinajstić information content (AvgIpc) is 2.46. The van der Waals surface area contributed by atoms with Gasteiger partial charge < -0.3 is 10.6 Å². The maximum Gasteiger partial charge on any atom is 0.259 e. The Balaban J connectivity index is 2.38. The Labute approximate surface area is 114 Å². The van der Waals surface area contributed by atoms with Crippen LogP contribution >= 0.6 is 0 Å². The molecular weight excluding hydrogens is 264 g/mol. The summed E-state index contributed by atoms with van der Waals surface area (Å²) in [6.45, 7) is 0.277. The molecule has 1 aromatic carbocycles. The molecule has 1 aromatic heterocycles. The molecule has 0 spiro atoms. The van der Waals surface area contributed by atoms with Crippen LogP contribution in [0.1, 0.15) is 10.4 Å². The van der Waals surface area contributed by atoms with Gasteiger partial charge in [-0.2, -0.15) is 0 Å². The Hall–Kier alpha value is -2.34. The molecule has 0 saturated carbocycles. The Morgan fingerprint density at radius 2 is 2.10 bits per heavy atom. The van der Waals surface area contributed by atoms with Gasteiger partial charge in [-0.1, -0.05) is 0 Å². The minimum absolute atomic E-state index is 0.00861. The van der Waals surface area contributed by atoms with Crippen molar-refractivity contribution in [1.82, 2.24) is 4.98 Å². The first kappa shape index (κ1) is 14.1. The Bertz CT molecular complexity index is 605. The number of halogens is 2. The highest BCUT2D eigenvalue weighted by atomic mass is 19.1. The van der Waals surface area contributed by atoms with Crippen molar-refractivity contribution in [3.8, 4) is 0 Å². The lowest BCUT2D eigenvalue weighted by atomic mass is 10.2. The van der Waals surface area contributed by atoms with Crippen molar-refractivity contribution < 1.29 is 13.6 Å². The predicted molar refractivity (Wildman–Crippen MR) is 71.3 cm³/mol. The first-order valence-electron chi connectivity index (χ1n) is 6.00. The average molecular weight is 277 g/mol. The second kappa shape index (κ2) is 6.21. The summed E-state index contributed by atoms with van der Waals surface area (Å²) in [6, 6.07) is 6.22. The van der Waals surface area contributed by atoms with Crippen LogP contribution in [0.5, 0.6) is 0 Å². The fourth-order valence-electron chi connectivity index (χ4n) is 1.81. The van der Waals surface area contributed by atoms with Gasteiger partial charge in [0.25, 0.3) is 5.91 Å². The largest absolute Gasteiger partial charge is 0.329 e. The van der Waals surface area contributed by atoms with Gasteiger partial charge in [0.05, 0.1) is 11.3 Å². The minimum Gasteiger partial charge on any atom is -0.329 e. The molecule has 2 aromatic rings. The highest BCUT2D eigenvalue weighted by Crippen LogP contribution is 2.21. The molecule has 4 nitrogen and oxygen atoms in total. The second-order valence-electron chi connectivity index (χ2n) is 4.08. The van der Waals surface area contributed by atoms with Gasteiger partial charge in [0, 0.05) is 31.5 Å². The summed E-state index contributed by atoms with van der Waals surface area (Å²) in [4.78, 5) is 17.4. The number of hydrogen-bond acceptors (Lipinski definition) is 3. The highest BCUT2D eigenvalue weighted by molar-refractivity contribution is 6.05. The van der Waals surface area contributed by atoms with Crippen molar-refractivity contribution in [3.05, 3.63) is 59.9 Å². The number of rotatable bonds is 4. The number of hydrogen-bond donors (Lipinski definition) is 1. The van der Waals surface area contributed by atoms with Crippen LogP contribution in [-0.2, 0) is 0 Å². The summed E-state index contributed by atoms with van der Waals surface area (Å²) in [7, 11) is 0. The number of carbonyl (C=O) groups excluding carboxylic acids is 1. The van der Waals surface area contributed by atoms with Crippen molar-refractivity contribution >= 4 is 11.6 Å². The third-order valence-corrected chi connectivity index (χ3v) is 2.71. The Kier molecular flexibility index (Phi) is 4.37. The molecule has 0 bridgehead atoms. The zero-order valence-corrected chi connectivity index (χ0v) is 10.6. The van der Waals surface area contributed by atoms with Gasteiger partial charge in [-0.15, -0.1) is 0 Å². The zero-order chi connectivity index (χ0) is 14.5. The van der Waals surface area contributed by atoms with E-state index in [4.69, 9.17) is 5.73 Å². The van der Waals surface area contributed by atoms with Crippen molar-refractivity contribution in [3.63, 3.8) is 0 Å². The van der Waals surface area contributed by atoms with Crippen LogP contribution in [0.15, 0.2) is 42.7 Å². The van der Waals surface area contributed by atoms with Crippen molar-refractivity contribution in [2.75, 3.05) is 18.0 Å². The van der Waals surface area contributed by atoms with Gasteiger partial charge in [0.15, 0.2) is 0 Å². The van der Waals surface area contributed by atoms with E-state index >= 15 is 0 Å². The number of carbonyl (C=O) groups is 1. The molecule has 1 heterocycles. The molecule has 0 aliphatic rings. The first-order chi connectivity index (χ1) is 9.63. The van der Waals surface area contributed by atoms with Crippen LogP contribution < -0.4 is 10.6 Å². The molecule has 0 radical (unpaired) electrons. The van der Waals surface area contributed by atoms with Crippen molar-refractivity contribution in [2.24, 2.45) is 5.73 Å². The summed E-state index contributed by atoms with van der Waals surface area (Å²) in [5, 5.41) is 0. The molecule has 0 fully saturated rings. The van der Waals surface area contributed by atoms with Crippen molar-refractivity contribution in [1.29, 1.82) is 0 Å². The lowest BCUT2D eigenvalue weighted by Gasteiger charge is -2.22. The molecule has 6 heteroatoms. The van der Waals surface area contributed by atoms with Gasteiger partial charge in [-0.05, 0) is 24.3 Å². The fraction of sp³-hybridized carbons (Fsp3) is 0.143. The molecule has 0 aliphatic carbocycles. The van der Waals surface area contributed by atoms with E-state index in [1.165, 1.54) is 23.4 Å². The maximum absolute atomic E-state index is 13.8. The standard InChI is InChI=1S/C14H13F2N3O/c15-11-3-4-13(12(16)8-11)19(7-5-17)14(20)10-2-1-6-18-9-10/h1-4,6,8-9H,5,7,17H2. The summed E-state index contributed by atoms with van der Waals surface area (Å²) < 4.78 is 26.8. The van der Waals surface area contributed by atoms with E-state index < -0.39 is 17.5 Å². The van der Waals surface area contributed by atoms with Crippen LogP contribution in [0.4, 0.5) is 14.5 Å². The second-order valence-corrected chi connectivity index (χ2v) is 4.08. The lowest BCUT2D eigenvalue weighted by Crippen LogP contribution is -2.36. The number of aromatic nitrogens is 1. The highest BCUT2D eigenvalue weighted by Gasteiger charge is 2.20. The lowest BCUT2D eigenvalue weighted by molar-refractivity contribution is 0.0986. The smallest absolute Gasteiger partial charge is 0.259 e. The normalized spacial score (nSPS) is 10.3. The van der Waals surface area contributed by atoms with Gasteiger partial charge >= 0.3 is 0 Å². The third kappa shape index (κ3) is 2.97. The number of nitrogens with zero attached hydrogens (tertiary/aromatic N) is 2. The number of benzene rings is 1. The van der Waals surface area contributed by atoms with E-state index in [1.807, 2.05) is 0 Å². The molecule has 1 amide bonds. The molecule has 2 N–H and O–H groups in total. The minimum atomic E-state index is -0.810. The van der Waals surface area contributed by atoms with Crippen LogP contribution in [0.25, 0.3) is 0 Å². The monoisotopic (exact) mass is 277 g/mol. The molecule has 0 unspecified atom stereocenters. The van der Waals surface area contributed by atoms with Crippen LogP contribution in [0, 0.1) is 11.6 Å². The molecule has 0 saturated heterocycles. The molecule has 2 rings (SSSR count). The van der Waals surface area contributed by atoms with E-state index in [-0.39, 0.29) is 18.8 Å². The van der Waals surface area contributed by atoms with Crippen LogP contribution in [0.3, 0.4) is 0 Å². The van der Waals surface area contributed by atoms with Gasteiger partial charge in [0.1, 0.15) is 11.6 Å². The molecule has 0 aliphatic heterocycles. The molecule has 0 atom stereocenters. The van der Waals surface area contributed by atoms with Crippen LogP contribution in [-0.4, -0.2) is 24.0 Å².